The van der Waals surface area contributed by atoms with Crippen molar-refractivity contribution in [2.45, 2.75) is 6.18 Å². The van der Waals surface area contributed by atoms with Gasteiger partial charge in [0.1, 0.15) is 17.9 Å². The van der Waals surface area contributed by atoms with Gasteiger partial charge in [0.05, 0.1) is 5.69 Å². The summed E-state index contributed by atoms with van der Waals surface area (Å²) < 4.78 is 56.9. The van der Waals surface area contributed by atoms with Crippen molar-refractivity contribution in [3.63, 3.8) is 0 Å². The van der Waals surface area contributed by atoms with E-state index in [0.717, 1.165) is 12.1 Å². The number of hydrogen-bond donors (Lipinski definition) is 1. The Balaban J connectivity index is 1.98. The Labute approximate surface area is 150 Å². The molecule has 1 amide bonds. The van der Waals surface area contributed by atoms with Gasteiger partial charge in [-0.05, 0) is 29.8 Å². The van der Waals surface area contributed by atoms with Crippen LogP contribution in [0.25, 0.3) is 16.8 Å². The molecule has 140 valence electrons. The molecule has 0 saturated carbocycles. The molecule has 2 aromatic carbocycles. The van der Waals surface area contributed by atoms with Crippen LogP contribution in [0.2, 0.25) is 0 Å². The summed E-state index contributed by atoms with van der Waals surface area (Å²) in [5, 5.41) is 3.91. The maximum Gasteiger partial charge on any atom is 0.422 e. The number of halogens is 4. The lowest BCUT2D eigenvalue weighted by Gasteiger charge is -2.14. The number of carbonyl (C=O) groups is 1. The molecule has 0 spiro atoms. The van der Waals surface area contributed by atoms with Crippen LogP contribution in [0.5, 0.6) is 5.75 Å². The molecule has 1 aromatic heterocycles. The highest BCUT2D eigenvalue weighted by Crippen LogP contribution is 2.33. The third kappa shape index (κ3) is 4.40. The van der Waals surface area contributed by atoms with Crippen molar-refractivity contribution >= 4 is 5.91 Å². The number of amides is 1. The summed E-state index contributed by atoms with van der Waals surface area (Å²) in [7, 11) is 0. The summed E-state index contributed by atoms with van der Waals surface area (Å²) in [5.74, 6) is -1.96. The molecule has 0 radical (unpaired) electrons. The van der Waals surface area contributed by atoms with Crippen molar-refractivity contribution in [3.05, 3.63) is 60.4 Å². The highest BCUT2D eigenvalue weighted by molar-refractivity contribution is 5.88. The summed E-state index contributed by atoms with van der Waals surface area (Å²) in [4.78, 5) is 14.9. The molecule has 3 aromatic rings. The Hall–Kier alpha value is -3.43. The minimum atomic E-state index is -4.56. The first-order chi connectivity index (χ1) is 12.7. The fourth-order valence-electron chi connectivity index (χ4n) is 2.33. The van der Waals surface area contributed by atoms with Gasteiger partial charge in [0.2, 0.25) is 5.82 Å². The second-order valence-corrected chi connectivity index (χ2v) is 5.47. The van der Waals surface area contributed by atoms with Crippen molar-refractivity contribution in [1.29, 1.82) is 0 Å². The first-order valence-corrected chi connectivity index (χ1v) is 7.54. The molecule has 27 heavy (non-hydrogen) atoms. The Morgan fingerprint density at radius 2 is 1.96 bits per heavy atom. The first-order valence-electron chi connectivity index (χ1n) is 7.54. The summed E-state index contributed by atoms with van der Waals surface area (Å²) in [6, 6.07) is 9.76. The number of ether oxygens (including phenoxy) is 1. The first kappa shape index (κ1) is 18.4. The highest BCUT2D eigenvalue weighted by atomic mass is 19.4. The van der Waals surface area contributed by atoms with Crippen LogP contribution in [0.3, 0.4) is 0 Å². The van der Waals surface area contributed by atoms with Crippen molar-refractivity contribution in [2.24, 2.45) is 5.73 Å². The van der Waals surface area contributed by atoms with Crippen LogP contribution in [0.15, 0.2) is 48.8 Å². The summed E-state index contributed by atoms with van der Waals surface area (Å²) >= 11 is 0. The molecule has 0 aliphatic carbocycles. The number of rotatable bonds is 5. The Bertz CT molecular complexity index is 985. The lowest BCUT2D eigenvalue weighted by Crippen LogP contribution is -2.19. The normalized spacial score (nSPS) is 11.4. The molecule has 0 fully saturated rings. The minimum absolute atomic E-state index is 0.184. The smallest absolute Gasteiger partial charge is 0.422 e. The topological polar surface area (TPSA) is 83.0 Å². The quantitative estimate of drug-likeness (QED) is 0.690. The predicted octanol–water partition coefficient (Wildman–Crippen LogP) is 3.11. The summed E-state index contributed by atoms with van der Waals surface area (Å²) in [6.45, 7) is -1.55. The van der Waals surface area contributed by atoms with Gasteiger partial charge in [-0.3, -0.25) is 4.79 Å². The van der Waals surface area contributed by atoms with Gasteiger partial charge in [0.25, 0.3) is 5.91 Å². The summed E-state index contributed by atoms with van der Waals surface area (Å²) in [5.41, 5.74) is 6.30. The van der Waals surface area contributed by atoms with Crippen molar-refractivity contribution in [2.75, 3.05) is 6.61 Å². The Morgan fingerprint density at radius 3 is 2.63 bits per heavy atom. The zero-order valence-electron chi connectivity index (χ0n) is 13.6. The van der Waals surface area contributed by atoms with Crippen molar-refractivity contribution in [1.82, 2.24) is 14.8 Å². The van der Waals surface area contributed by atoms with E-state index in [4.69, 9.17) is 10.5 Å². The molecule has 0 aliphatic rings. The van der Waals surface area contributed by atoms with E-state index < -0.39 is 24.5 Å². The number of carbonyl (C=O) groups excluding carboxylic acids is 1. The molecule has 6 nitrogen and oxygen atoms in total. The number of hydrogen-bond acceptors (Lipinski definition) is 4. The number of nitrogens with zero attached hydrogens (tertiary/aromatic N) is 3. The van der Waals surface area contributed by atoms with E-state index in [0.29, 0.717) is 11.3 Å². The van der Waals surface area contributed by atoms with Gasteiger partial charge >= 0.3 is 6.18 Å². The number of primary amides is 1. The van der Waals surface area contributed by atoms with Gasteiger partial charge in [0.15, 0.2) is 6.61 Å². The van der Waals surface area contributed by atoms with Gasteiger partial charge in [-0.1, -0.05) is 12.1 Å². The van der Waals surface area contributed by atoms with Crippen LogP contribution >= 0.6 is 0 Å². The molecule has 0 unspecified atom stereocenters. The molecule has 3 rings (SSSR count). The molecule has 0 saturated heterocycles. The van der Waals surface area contributed by atoms with E-state index in [-0.39, 0.29) is 17.1 Å². The van der Waals surface area contributed by atoms with E-state index in [1.165, 1.54) is 17.1 Å². The second-order valence-electron chi connectivity index (χ2n) is 5.47. The van der Waals surface area contributed by atoms with Gasteiger partial charge in [0, 0.05) is 11.6 Å². The largest absolute Gasteiger partial charge is 0.483 e. The molecular weight excluding hydrogens is 368 g/mol. The monoisotopic (exact) mass is 380 g/mol. The Kier molecular flexibility index (Phi) is 4.80. The SMILES string of the molecule is NC(=O)c1ncn(-c2cccc(-c3ccc(F)cc3OCC(F)(F)F)c2)n1. The standard InChI is InChI=1S/C17H12F4N4O2/c18-11-4-5-13(14(7-11)27-8-17(19,20)21)10-2-1-3-12(6-10)25-9-23-16(24-25)15(22)26/h1-7,9H,8H2,(H2,22,26). The van der Waals surface area contributed by atoms with Crippen LogP contribution in [0.4, 0.5) is 17.6 Å². The van der Waals surface area contributed by atoms with E-state index in [2.05, 4.69) is 10.1 Å². The van der Waals surface area contributed by atoms with Gasteiger partial charge < -0.3 is 10.5 Å². The van der Waals surface area contributed by atoms with E-state index >= 15 is 0 Å². The third-order valence-electron chi connectivity index (χ3n) is 3.47. The minimum Gasteiger partial charge on any atom is -0.483 e. The van der Waals surface area contributed by atoms with Crippen LogP contribution in [0, 0.1) is 5.82 Å². The molecule has 0 atom stereocenters. The lowest BCUT2D eigenvalue weighted by atomic mass is 10.0. The number of alkyl halides is 3. The molecule has 1 heterocycles. The van der Waals surface area contributed by atoms with Crippen LogP contribution in [-0.4, -0.2) is 33.5 Å². The van der Waals surface area contributed by atoms with Crippen molar-refractivity contribution < 1.29 is 27.1 Å². The average molecular weight is 380 g/mol. The predicted molar refractivity (Wildman–Crippen MR) is 86.8 cm³/mol. The van der Waals surface area contributed by atoms with E-state index in [1.807, 2.05) is 0 Å². The number of benzene rings is 2. The third-order valence-corrected chi connectivity index (χ3v) is 3.47. The summed E-state index contributed by atoms with van der Waals surface area (Å²) in [6.07, 6.45) is -3.29. The highest BCUT2D eigenvalue weighted by Gasteiger charge is 2.29. The zero-order valence-corrected chi connectivity index (χ0v) is 13.6. The molecule has 2 N–H and O–H groups in total. The van der Waals surface area contributed by atoms with Crippen LogP contribution in [0.1, 0.15) is 10.6 Å². The van der Waals surface area contributed by atoms with Gasteiger partial charge in [-0.15, -0.1) is 5.10 Å². The zero-order chi connectivity index (χ0) is 19.6. The molecule has 0 bridgehead atoms. The fraction of sp³-hybridized carbons (Fsp3) is 0.118. The van der Waals surface area contributed by atoms with E-state index in [9.17, 15) is 22.4 Å². The molecular formula is C17H12F4N4O2. The van der Waals surface area contributed by atoms with Gasteiger partial charge in [-0.2, -0.15) is 13.2 Å². The second kappa shape index (κ2) is 7.06. The van der Waals surface area contributed by atoms with E-state index in [1.54, 1.807) is 24.3 Å². The average Bonchev–Trinajstić information content (AvgIpc) is 3.10. The maximum atomic E-state index is 13.5. The Morgan fingerprint density at radius 1 is 1.19 bits per heavy atom. The lowest BCUT2D eigenvalue weighted by molar-refractivity contribution is -0.153. The van der Waals surface area contributed by atoms with Crippen molar-refractivity contribution in [3.8, 4) is 22.6 Å². The number of aromatic nitrogens is 3. The maximum absolute atomic E-state index is 13.5. The number of nitrogens with two attached hydrogens (primary N) is 1. The molecule has 0 aliphatic heterocycles. The van der Waals surface area contributed by atoms with Crippen LogP contribution in [-0.2, 0) is 0 Å². The fourth-order valence-corrected chi connectivity index (χ4v) is 2.33. The van der Waals surface area contributed by atoms with Crippen LogP contribution < -0.4 is 10.5 Å². The van der Waals surface area contributed by atoms with Gasteiger partial charge in [-0.25, -0.2) is 14.1 Å². The molecule has 10 heteroatoms.